The van der Waals surface area contributed by atoms with Crippen LogP contribution in [0.5, 0.6) is 0 Å². The molecule has 0 spiro atoms. The molecule has 0 fully saturated rings. The highest BCUT2D eigenvalue weighted by Gasteiger charge is 2.12. The van der Waals surface area contributed by atoms with Gasteiger partial charge in [0.2, 0.25) is 0 Å². The van der Waals surface area contributed by atoms with Crippen molar-refractivity contribution in [3.8, 4) is 0 Å². The lowest BCUT2D eigenvalue weighted by Gasteiger charge is -2.16. The Balaban J connectivity index is 0.000000217. The molecule has 0 radical (unpaired) electrons. The molecule has 108 valence electrons. The van der Waals surface area contributed by atoms with Crippen molar-refractivity contribution in [3.05, 3.63) is 45.9 Å². The molecule has 2 heterocycles. The fourth-order valence-electron chi connectivity index (χ4n) is 1.33. The summed E-state index contributed by atoms with van der Waals surface area (Å²) in [7, 11) is 0. The van der Waals surface area contributed by atoms with E-state index in [0.717, 1.165) is 12.1 Å². The molecule has 0 unspecified atom stereocenters. The zero-order chi connectivity index (χ0) is 15.2. The first kappa shape index (κ1) is 17.1. The van der Waals surface area contributed by atoms with Crippen LogP contribution in [0.2, 0.25) is 15.5 Å². The summed E-state index contributed by atoms with van der Waals surface area (Å²) in [6.07, 6.45) is 7.06. The Morgan fingerprint density at radius 2 is 1.25 bits per heavy atom. The number of nitrogens with zero attached hydrogens (tertiary/aromatic N) is 4. The SMILES string of the molecule is CC(C)(C)Cc1cncc(Cl)n1.Clc1cncc(Cl)n1. The van der Waals surface area contributed by atoms with Gasteiger partial charge < -0.3 is 0 Å². The summed E-state index contributed by atoms with van der Waals surface area (Å²) in [6.45, 7) is 6.49. The summed E-state index contributed by atoms with van der Waals surface area (Å²) in [5, 5.41) is 1.10. The van der Waals surface area contributed by atoms with Crippen molar-refractivity contribution in [1.82, 2.24) is 19.9 Å². The quantitative estimate of drug-likeness (QED) is 0.771. The van der Waals surface area contributed by atoms with E-state index in [4.69, 9.17) is 34.8 Å². The van der Waals surface area contributed by atoms with E-state index in [-0.39, 0.29) is 5.41 Å². The Morgan fingerprint density at radius 3 is 1.60 bits per heavy atom. The zero-order valence-electron chi connectivity index (χ0n) is 11.4. The number of rotatable bonds is 1. The molecule has 2 aromatic rings. The summed E-state index contributed by atoms with van der Waals surface area (Å²) < 4.78 is 0. The van der Waals surface area contributed by atoms with Crippen molar-refractivity contribution >= 4 is 34.8 Å². The fourth-order valence-corrected chi connectivity index (χ4v) is 1.83. The molecule has 0 saturated heterocycles. The minimum Gasteiger partial charge on any atom is -0.260 e. The van der Waals surface area contributed by atoms with E-state index >= 15 is 0 Å². The van der Waals surface area contributed by atoms with Gasteiger partial charge in [-0.05, 0) is 11.8 Å². The smallest absolute Gasteiger partial charge is 0.149 e. The van der Waals surface area contributed by atoms with Gasteiger partial charge in [-0.2, -0.15) is 0 Å². The summed E-state index contributed by atoms with van der Waals surface area (Å²) >= 11 is 16.5. The molecule has 0 aromatic carbocycles. The maximum atomic E-state index is 5.70. The average Bonchev–Trinajstić information content (AvgIpc) is 2.26. The minimum absolute atomic E-state index is 0.235. The zero-order valence-corrected chi connectivity index (χ0v) is 13.7. The molecule has 0 aliphatic rings. The van der Waals surface area contributed by atoms with E-state index in [0.29, 0.717) is 15.5 Å². The fraction of sp³-hybridized carbons (Fsp3) is 0.385. The first-order valence-corrected chi connectivity index (χ1v) is 6.99. The van der Waals surface area contributed by atoms with Crippen LogP contribution in [0.25, 0.3) is 0 Å². The average molecular weight is 334 g/mol. The molecule has 0 saturated carbocycles. The molecule has 0 atom stereocenters. The Bertz CT molecular complexity index is 538. The summed E-state index contributed by atoms with van der Waals surface area (Å²) in [5.74, 6) is 0. The van der Waals surface area contributed by atoms with E-state index in [2.05, 4.69) is 40.7 Å². The normalized spacial score (nSPS) is 10.7. The molecule has 0 N–H and O–H groups in total. The highest BCUT2D eigenvalue weighted by Crippen LogP contribution is 2.19. The number of halogens is 3. The first-order chi connectivity index (χ1) is 9.26. The van der Waals surface area contributed by atoms with Gasteiger partial charge in [0.15, 0.2) is 0 Å². The van der Waals surface area contributed by atoms with Gasteiger partial charge in [-0.15, -0.1) is 0 Å². The summed E-state index contributed by atoms with van der Waals surface area (Å²) in [5.41, 5.74) is 1.19. The van der Waals surface area contributed by atoms with Gasteiger partial charge in [0, 0.05) is 6.20 Å². The Labute approximate surface area is 133 Å². The topological polar surface area (TPSA) is 51.6 Å². The number of aromatic nitrogens is 4. The monoisotopic (exact) mass is 332 g/mol. The van der Waals surface area contributed by atoms with E-state index in [1.54, 1.807) is 12.4 Å². The maximum Gasteiger partial charge on any atom is 0.149 e. The van der Waals surface area contributed by atoms with Crippen molar-refractivity contribution < 1.29 is 0 Å². The molecule has 7 heteroatoms. The van der Waals surface area contributed by atoms with Gasteiger partial charge in [-0.25, -0.2) is 9.97 Å². The second kappa shape index (κ2) is 7.72. The largest absolute Gasteiger partial charge is 0.260 e. The Morgan fingerprint density at radius 1 is 0.800 bits per heavy atom. The number of hydrogen-bond acceptors (Lipinski definition) is 4. The summed E-state index contributed by atoms with van der Waals surface area (Å²) in [6, 6.07) is 0. The predicted octanol–water partition coefficient (Wildman–Crippen LogP) is 4.50. The van der Waals surface area contributed by atoms with Crippen LogP contribution in [0.1, 0.15) is 26.5 Å². The highest BCUT2D eigenvalue weighted by molar-refractivity contribution is 6.32. The lowest BCUT2D eigenvalue weighted by molar-refractivity contribution is 0.405. The Hall–Kier alpha value is -0.970. The maximum absolute atomic E-state index is 5.70. The molecule has 0 aliphatic heterocycles. The van der Waals surface area contributed by atoms with Crippen molar-refractivity contribution in [2.75, 3.05) is 0 Å². The van der Waals surface area contributed by atoms with Crippen molar-refractivity contribution in [2.45, 2.75) is 27.2 Å². The van der Waals surface area contributed by atoms with Gasteiger partial charge in [0.25, 0.3) is 0 Å². The van der Waals surface area contributed by atoms with Crippen molar-refractivity contribution in [3.63, 3.8) is 0 Å². The lowest BCUT2D eigenvalue weighted by atomic mass is 9.91. The van der Waals surface area contributed by atoms with Gasteiger partial charge >= 0.3 is 0 Å². The van der Waals surface area contributed by atoms with Crippen LogP contribution < -0.4 is 0 Å². The van der Waals surface area contributed by atoms with Crippen molar-refractivity contribution in [1.29, 1.82) is 0 Å². The molecule has 20 heavy (non-hydrogen) atoms. The second-order valence-electron chi connectivity index (χ2n) is 5.24. The van der Waals surface area contributed by atoms with Crippen molar-refractivity contribution in [2.24, 2.45) is 5.41 Å². The van der Waals surface area contributed by atoms with Gasteiger partial charge in [-0.1, -0.05) is 55.6 Å². The third-order valence-corrected chi connectivity index (χ3v) is 2.49. The molecule has 0 amide bonds. The summed E-state index contributed by atoms with van der Waals surface area (Å²) in [4.78, 5) is 15.4. The van der Waals surface area contributed by atoms with E-state index in [1.165, 1.54) is 12.4 Å². The van der Waals surface area contributed by atoms with Gasteiger partial charge in [0.1, 0.15) is 15.5 Å². The Kier molecular flexibility index (Phi) is 6.59. The molecule has 2 aromatic heterocycles. The van der Waals surface area contributed by atoms with Crippen LogP contribution in [0.15, 0.2) is 24.8 Å². The van der Waals surface area contributed by atoms with Crippen LogP contribution in [-0.2, 0) is 6.42 Å². The van der Waals surface area contributed by atoms with Gasteiger partial charge in [0.05, 0.1) is 24.3 Å². The first-order valence-electron chi connectivity index (χ1n) is 5.86. The highest BCUT2D eigenvalue weighted by atomic mass is 35.5. The van der Waals surface area contributed by atoms with Crippen LogP contribution in [0, 0.1) is 5.41 Å². The molecular weight excluding hydrogens is 319 g/mol. The van der Waals surface area contributed by atoms with Gasteiger partial charge in [-0.3, -0.25) is 9.97 Å². The standard InChI is InChI=1S/C9H13ClN2.C4H2Cl2N2/c1-9(2,3)4-7-5-11-6-8(10)12-7;5-3-1-7-2-4(6)8-3/h5-6H,4H2,1-3H3;1-2H. The lowest BCUT2D eigenvalue weighted by Crippen LogP contribution is -2.10. The second-order valence-corrected chi connectivity index (χ2v) is 6.40. The molecule has 0 aliphatic carbocycles. The third-order valence-electron chi connectivity index (χ3n) is 1.94. The molecule has 4 nitrogen and oxygen atoms in total. The van der Waals surface area contributed by atoms with Crippen LogP contribution in [0.4, 0.5) is 0 Å². The molecule has 2 rings (SSSR count). The third kappa shape index (κ3) is 7.58. The van der Waals surface area contributed by atoms with E-state index in [9.17, 15) is 0 Å². The minimum atomic E-state index is 0.235. The molecule has 0 bridgehead atoms. The molecular formula is C13H15Cl3N4. The predicted molar refractivity (Wildman–Crippen MR) is 82.3 cm³/mol. The number of hydrogen-bond donors (Lipinski definition) is 0. The van der Waals surface area contributed by atoms with Crippen LogP contribution >= 0.6 is 34.8 Å². The van der Waals surface area contributed by atoms with E-state index < -0.39 is 0 Å². The van der Waals surface area contributed by atoms with Crippen LogP contribution in [0.3, 0.4) is 0 Å². The van der Waals surface area contributed by atoms with E-state index in [1.807, 2.05) is 0 Å². The van der Waals surface area contributed by atoms with Crippen LogP contribution in [-0.4, -0.2) is 19.9 Å².